The van der Waals surface area contributed by atoms with Crippen LogP contribution in [0.5, 0.6) is 0 Å². The molecule has 7 heteroatoms. The van der Waals surface area contributed by atoms with Crippen molar-refractivity contribution >= 4 is 52.3 Å². The average Bonchev–Trinajstić information content (AvgIpc) is 3.11. The van der Waals surface area contributed by atoms with Crippen LogP contribution in [0.4, 0.5) is 10.1 Å². The fraction of sp³-hybridized carbons (Fsp3) is 0.176. The second-order valence-electron chi connectivity index (χ2n) is 5.59. The third-order valence-electron chi connectivity index (χ3n) is 4.16. The van der Waals surface area contributed by atoms with Gasteiger partial charge in [0.1, 0.15) is 17.2 Å². The van der Waals surface area contributed by atoms with E-state index < -0.39 is 0 Å². The number of rotatable bonds is 2. The zero-order chi connectivity index (χ0) is 16.8. The molecule has 2 fully saturated rings. The van der Waals surface area contributed by atoms with Crippen LogP contribution in [-0.2, 0) is 4.79 Å². The molecule has 2 heterocycles. The van der Waals surface area contributed by atoms with Gasteiger partial charge in [-0.15, -0.1) is 11.8 Å². The molecule has 2 aliphatic rings. The van der Waals surface area contributed by atoms with Crippen LogP contribution in [0.2, 0.25) is 5.02 Å². The molecule has 24 heavy (non-hydrogen) atoms. The van der Waals surface area contributed by atoms with Crippen molar-refractivity contribution in [2.24, 2.45) is 0 Å². The minimum absolute atomic E-state index is 0.0283. The van der Waals surface area contributed by atoms with Gasteiger partial charge in [0, 0.05) is 10.8 Å². The summed E-state index contributed by atoms with van der Waals surface area (Å²) in [4.78, 5) is 16.3. The summed E-state index contributed by atoms with van der Waals surface area (Å²) >= 11 is 13.2. The number of halogens is 2. The number of anilines is 1. The van der Waals surface area contributed by atoms with E-state index in [9.17, 15) is 9.18 Å². The van der Waals surface area contributed by atoms with Gasteiger partial charge in [0.25, 0.3) is 5.91 Å². The molecule has 0 spiro atoms. The predicted octanol–water partition coefficient (Wildman–Crippen LogP) is 4.23. The second kappa shape index (κ2) is 6.02. The molecule has 2 aromatic carbocycles. The number of carbonyl (C=O) groups is 1. The topological polar surface area (TPSA) is 23.6 Å². The normalized spacial score (nSPS) is 23.1. The number of nitrogens with zero attached hydrogens (tertiary/aromatic N) is 2. The smallest absolute Gasteiger partial charge is 0.257 e. The molecule has 0 radical (unpaired) electrons. The number of hydrogen-bond acceptors (Lipinski definition) is 3. The third kappa shape index (κ3) is 2.49. The lowest BCUT2D eigenvalue weighted by molar-refractivity contribution is -0.119. The van der Waals surface area contributed by atoms with E-state index >= 15 is 0 Å². The molecule has 0 saturated carbocycles. The van der Waals surface area contributed by atoms with Crippen LogP contribution in [0, 0.1) is 5.82 Å². The predicted molar refractivity (Wildman–Crippen MR) is 98.8 cm³/mol. The highest BCUT2D eigenvalue weighted by atomic mass is 35.5. The molecule has 0 N–H and O–H groups in total. The first-order valence-corrected chi connectivity index (χ1v) is 9.18. The van der Waals surface area contributed by atoms with Gasteiger partial charge in [-0.1, -0.05) is 23.7 Å². The highest BCUT2D eigenvalue weighted by Crippen LogP contribution is 2.46. The molecule has 0 aromatic heterocycles. The van der Waals surface area contributed by atoms with E-state index in [0.717, 1.165) is 5.56 Å². The van der Waals surface area contributed by atoms with Crippen molar-refractivity contribution < 1.29 is 9.18 Å². The fourth-order valence-electron chi connectivity index (χ4n) is 3.00. The molecule has 1 amide bonds. The number of benzene rings is 2. The van der Waals surface area contributed by atoms with Crippen LogP contribution in [0.15, 0.2) is 48.5 Å². The summed E-state index contributed by atoms with van der Waals surface area (Å²) in [5.41, 5.74) is 1.66. The number of fused-ring (bicyclic) bond motifs is 1. The first kappa shape index (κ1) is 15.9. The maximum absolute atomic E-state index is 13.2. The monoisotopic (exact) mass is 378 g/mol. The van der Waals surface area contributed by atoms with Crippen LogP contribution < -0.4 is 4.90 Å². The van der Waals surface area contributed by atoms with Crippen molar-refractivity contribution in [1.82, 2.24) is 4.90 Å². The van der Waals surface area contributed by atoms with E-state index in [-0.39, 0.29) is 23.1 Å². The Balaban J connectivity index is 1.67. The number of hydrogen-bond donors (Lipinski definition) is 0. The summed E-state index contributed by atoms with van der Waals surface area (Å²) in [6.07, 6.45) is 0. The Hall–Kier alpha value is -1.63. The zero-order valence-electron chi connectivity index (χ0n) is 12.4. The number of thioether (sulfide) groups is 1. The van der Waals surface area contributed by atoms with E-state index in [4.69, 9.17) is 23.8 Å². The highest BCUT2D eigenvalue weighted by molar-refractivity contribution is 7.99. The Bertz CT molecular complexity index is 812. The molecule has 0 bridgehead atoms. The molecule has 2 aromatic rings. The van der Waals surface area contributed by atoms with Gasteiger partial charge in [0.05, 0.1) is 5.69 Å². The lowest BCUT2D eigenvalue weighted by atomic mass is 10.2. The number of thiocarbonyl (C=S) groups is 1. The molecular weight excluding hydrogens is 367 g/mol. The van der Waals surface area contributed by atoms with E-state index in [1.54, 1.807) is 53.1 Å². The molecular formula is C17H12ClFN2OS2. The standard InChI is InChI=1S/C17H12ClFN2OS2/c18-11-3-7-13(8-4-11)20-15(22)14-9-24-16(21(14)17(20)23)10-1-5-12(19)6-2-10/h1-8,14,16H,9H2/t14-,16-/m0/s1. The highest BCUT2D eigenvalue weighted by Gasteiger charge is 2.50. The molecule has 122 valence electrons. The molecule has 2 saturated heterocycles. The van der Waals surface area contributed by atoms with Crippen LogP contribution in [0.25, 0.3) is 0 Å². The van der Waals surface area contributed by atoms with Crippen molar-refractivity contribution in [3.8, 4) is 0 Å². The molecule has 0 unspecified atom stereocenters. The van der Waals surface area contributed by atoms with Crippen LogP contribution in [0.3, 0.4) is 0 Å². The molecule has 0 aliphatic carbocycles. The van der Waals surface area contributed by atoms with Gasteiger partial charge in [-0.2, -0.15) is 0 Å². The Labute approximate surface area is 153 Å². The van der Waals surface area contributed by atoms with Gasteiger partial charge in [0.2, 0.25) is 0 Å². The maximum atomic E-state index is 13.2. The Morgan fingerprint density at radius 3 is 2.46 bits per heavy atom. The summed E-state index contributed by atoms with van der Waals surface area (Å²) in [6, 6.07) is 13.1. The van der Waals surface area contributed by atoms with Gasteiger partial charge in [-0.25, -0.2) is 4.39 Å². The van der Waals surface area contributed by atoms with Crippen molar-refractivity contribution in [2.45, 2.75) is 11.4 Å². The Morgan fingerprint density at radius 1 is 1.12 bits per heavy atom. The second-order valence-corrected chi connectivity index (χ2v) is 7.51. The van der Waals surface area contributed by atoms with Crippen LogP contribution in [-0.4, -0.2) is 27.7 Å². The first-order valence-electron chi connectivity index (χ1n) is 7.35. The molecule has 3 nitrogen and oxygen atoms in total. The van der Waals surface area contributed by atoms with Gasteiger partial charge >= 0.3 is 0 Å². The van der Waals surface area contributed by atoms with Gasteiger partial charge in [-0.05, 0) is 54.2 Å². The minimum Gasteiger partial charge on any atom is -0.319 e. The molecule has 4 rings (SSSR count). The minimum atomic E-state index is -0.284. The summed E-state index contributed by atoms with van der Waals surface area (Å²) in [7, 11) is 0. The Kier molecular flexibility index (Phi) is 3.98. The molecule has 2 aliphatic heterocycles. The Morgan fingerprint density at radius 2 is 1.79 bits per heavy atom. The van der Waals surface area contributed by atoms with E-state index in [1.165, 1.54) is 12.1 Å². The van der Waals surface area contributed by atoms with E-state index in [1.807, 2.05) is 4.90 Å². The van der Waals surface area contributed by atoms with Gasteiger partial charge in [0.15, 0.2) is 5.11 Å². The average molecular weight is 379 g/mol. The molecule has 2 atom stereocenters. The quantitative estimate of drug-likeness (QED) is 0.730. The summed E-state index contributed by atoms with van der Waals surface area (Å²) < 4.78 is 13.2. The third-order valence-corrected chi connectivity index (χ3v) is 6.13. The number of carbonyl (C=O) groups excluding carboxylic acids is 1. The summed E-state index contributed by atoms with van der Waals surface area (Å²) in [6.45, 7) is 0. The van der Waals surface area contributed by atoms with Crippen molar-refractivity contribution in [2.75, 3.05) is 10.7 Å². The lowest BCUT2D eigenvalue weighted by Gasteiger charge is -2.25. The van der Waals surface area contributed by atoms with Crippen LogP contribution in [0.1, 0.15) is 10.9 Å². The van der Waals surface area contributed by atoms with Gasteiger partial charge < -0.3 is 4.90 Å². The van der Waals surface area contributed by atoms with Crippen molar-refractivity contribution in [3.05, 3.63) is 64.9 Å². The van der Waals surface area contributed by atoms with E-state index in [2.05, 4.69) is 0 Å². The number of amides is 1. The van der Waals surface area contributed by atoms with Crippen molar-refractivity contribution in [1.29, 1.82) is 0 Å². The fourth-order valence-corrected chi connectivity index (χ4v) is 5.05. The summed E-state index contributed by atoms with van der Waals surface area (Å²) in [5.74, 6) is 0.353. The summed E-state index contributed by atoms with van der Waals surface area (Å²) in [5, 5.41) is 1.01. The van der Waals surface area contributed by atoms with E-state index in [0.29, 0.717) is 21.6 Å². The van der Waals surface area contributed by atoms with Crippen LogP contribution >= 0.6 is 35.6 Å². The SMILES string of the molecule is O=C1[C@@H]2CS[C@@H](c3ccc(F)cc3)N2C(=S)N1c1ccc(Cl)cc1. The maximum Gasteiger partial charge on any atom is 0.257 e. The largest absolute Gasteiger partial charge is 0.319 e. The van der Waals surface area contributed by atoms with Crippen molar-refractivity contribution in [3.63, 3.8) is 0 Å². The zero-order valence-corrected chi connectivity index (χ0v) is 14.7. The first-order chi connectivity index (χ1) is 11.6. The van der Waals surface area contributed by atoms with Gasteiger partial charge in [-0.3, -0.25) is 9.69 Å². The lowest BCUT2D eigenvalue weighted by Crippen LogP contribution is -2.33.